The van der Waals surface area contributed by atoms with Gasteiger partial charge in [0.15, 0.2) is 0 Å². The van der Waals surface area contributed by atoms with Gasteiger partial charge in [-0.2, -0.15) is 9.97 Å². The van der Waals surface area contributed by atoms with E-state index in [4.69, 9.17) is 10.5 Å². The molecule has 1 amide bonds. The van der Waals surface area contributed by atoms with Crippen molar-refractivity contribution in [1.29, 1.82) is 0 Å². The van der Waals surface area contributed by atoms with E-state index in [1.807, 2.05) is 32.9 Å². The van der Waals surface area contributed by atoms with Crippen LogP contribution in [0.4, 0.5) is 11.5 Å². The first-order chi connectivity index (χ1) is 15.7. The minimum Gasteiger partial charge on any atom is -0.481 e. The number of benzene rings is 1. The van der Waals surface area contributed by atoms with Crippen LogP contribution in [-0.4, -0.2) is 39.6 Å². The highest BCUT2D eigenvalue weighted by atomic mass is 16.5. The Balaban J connectivity index is 1.45. The third-order valence-corrected chi connectivity index (χ3v) is 6.91. The zero-order valence-electron chi connectivity index (χ0n) is 19.5. The number of amides is 1. The van der Waals surface area contributed by atoms with Gasteiger partial charge in [-0.05, 0) is 69.1 Å². The summed E-state index contributed by atoms with van der Waals surface area (Å²) in [6.07, 6.45) is 4.35. The molecule has 1 aliphatic carbocycles. The molecule has 0 saturated heterocycles. The summed E-state index contributed by atoms with van der Waals surface area (Å²) in [7, 11) is 0. The smallest absolute Gasteiger partial charge is 0.318 e. The first-order valence-electron chi connectivity index (χ1n) is 11.7. The summed E-state index contributed by atoms with van der Waals surface area (Å²) in [4.78, 5) is 34.7. The highest BCUT2D eigenvalue weighted by molar-refractivity contribution is 6.10. The van der Waals surface area contributed by atoms with Crippen LogP contribution in [0.3, 0.4) is 0 Å². The molecule has 1 saturated carbocycles. The molecule has 4 rings (SSSR count). The van der Waals surface area contributed by atoms with Crippen molar-refractivity contribution in [3.05, 3.63) is 41.1 Å². The molecule has 33 heavy (non-hydrogen) atoms. The Hall–Kier alpha value is -3.16. The Kier molecular flexibility index (Phi) is 6.54. The maximum atomic E-state index is 13.2. The molecule has 1 aromatic heterocycles. The number of carboxylic acid groups (broad SMARTS) is 1. The van der Waals surface area contributed by atoms with Gasteiger partial charge in [0.2, 0.25) is 0 Å². The van der Waals surface area contributed by atoms with E-state index in [0.29, 0.717) is 30.1 Å². The van der Waals surface area contributed by atoms with Crippen molar-refractivity contribution in [3.63, 3.8) is 0 Å². The monoisotopic (exact) mass is 452 g/mol. The molecule has 1 fully saturated rings. The van der Waals surface area contributed by atoms with Crippen molar-refractivity contribution in [2.45, 2.75) is 64.9 Å². The zero-order valence-corrected chi connectivity index (χ0v) is 19.5. The molecular weight excluding hydrogens is 420 g/mol. The summed E-state index contributed by atoms with van der Waals surface area (Å²) in [5.74, 6) is -0.355. The van der Waals surface area contributed by atoms with Crippen molar-refractivity contribution in [2.75, 3.05) is 17.2 Å². The molecule has 1 unspecified atom stereocenters. The quantitative estimate of drug-likeness (QED) is 0.679. The third kappa shape index (κ3) is 4.79. The van der Waals surface area contributed by atoms with Crippen LogP contribution in [-0.2, 0) is 11.2 Å². The summed E-state index contributed by atoms with van der Waals surface area (Å²) in [6.45, 7) is 6.10. The van der Waals surface area contributed by atoms with Crippen molar-refractivity contribution < 1.29 is 19.4 Å². The van der Waals surface area contributed by atoms with E-state index in [0.717, 1.165) is 31.4 Å². The van der Waals surface area contributed by atoms with E-state index < -0.39 is 5.97 Å². The number of nitrogens with two attached hydrogens (primary N) is 1. The number of hydrogen-bond acceptors (Lipinski definition) is 6. The SMILES string of the molecule is CC(C)Oc1nc(N)c2c(n1)CCN(c1ccc([C@H]3CC[C@H](C(C)C(=O)O)CC3)cc1)C2=O. The Morgan fingerprint density at radius 1 is 1.12 bits per heavy atom. The molecule has 8 nitrogen and oxygen atoms in total. The second-order valence-corrected chi connectivity index (χ2v) is 9.42. The first kappa shape index (κ1) is 23.0. The fraction of sp³-hybridized carbons (Fsp3) is 0.520. The van der Waals surface area contributed by atoms with E-state index in [9.17, 15) is 14.7 Å². The molecule has 8 heteroatoms. The predicted octanol–water partition coefficient (Wildman–Crippen LogP) is 4.04. The van der Waals surface area contributed by atoms with Gasteiger partial charge in [-0.25, -0.2) is 0 Å². The van der Waals surface area contributed by atoms with Gasteiger partial charge in [0.25, 0.3) is 5.91 Å². The largest absolute Gasteiger partial charge is 0.481 e. The van der Waals surface area contributed by atoms with E-state index in [2.05, 4.69) is 22.1 Å². The predicted molar refractivity (Wildman–Crippen MR) is 126 cm³/mol. The Morgan fingerprint density at radius 3 is 2.39 bits per heavy atom. The number of carbonyl (C=O) groups excluding carboxylic acids is 1. The summed E-state index contributed by atoms with van der Waals surface area (Å²) >= 11 is 0. The zero-order chi connectivity index (χ0) is 23.7. The summed E-state index contributed by atoms with van der Waals surface area (Å²) in [5, 5.41) is 9.27. The number of ether oxygens (including phenoxy) is 1. The maximum Gasteiger partial charge on any atom is 0.318 e. The van der Waals surface area contributed by atoms with E-state index in [-0.39, 0.29) is 35.7 Å². The number of carbonyl (C=O) groups is 2. The highest BCUT2D eigenvalue weighted by Gasteiger charge is 2.32. The van der Waals surface area contributed by atoms with Gasteiger partial charge >= 0.3 is 12.0 Å². The van der Waals surface area contributed by atoms with Gasteiger partial charge < -0.3 is 20.5 Å². The molecule has 2 aromatic rings. The summed E-state index contributed by atoms with van der Waals surface area (Å²) in [6, 6.07) is 8.35. The average Bonchev–Trinajstić information content (AvgIpc) is 2.78. The maximum absolute atomic E-state index is 13.2. The van der Waals surface area contributed by atoms with Crippen LogP contribution in [0, 0.1) is 11.8 Å². The van der Waals surface area contributed by atoms with Crippen LogP contribution >= 0.6 is 0 Å². The van der Waals surface area contributed by atoms with Gasteiger partial charge in [-0.1, -0.05) is 19.1 Å². The number of anilines is 2. The van der Waals surface area contributed by atoms with Crippen LogP contribution in [0.15, 0.2) is 24.3 Å². The molecule has 1 aromatic carbocycles. The van der Waals surface area contributed by atoms with Crippen LogP contribution in [0.5, 0.6) is 6.01 Å². The van der Waals surface area contributed by atoms with E-state index >= 15 is 0 Å². The minimum atomic E-state index is -0.703. The molecule has 176 valence electrons. The Bertz CT molecular complexity index is 1030. The van der Waals surface area contributed by atoms with Gasteiger partial charge in [0, 0.05) is 18.7 Å². The number of nitrogens with zero attached hydrogens (tertiary/aromatic N) is 3. The third-order valence-electron chi connectivity index (χ3n) is 6.91. The lowest BCUT2D eigenvalue weighted by atomic mass is 9.74. The van der Waals surface area contributed by atoms with Crippen LogP contribution < -0.4 is 15.4 Å². The van der Waals surface area contributed by atoms with Crippen molar-refractivity contribution >= 4 is 23.4 Å². The highest BCUT2D eigenvalue weighted by Crippen LogP contribution is 2.39. The Morgan fingerprint density at radius 2 is 1.79 bits per heavy atom. The molecule has 2 aliphatic rings. The van der Waals surface area contributed by atoms with Crippen LogP contribution in [0.2, 0.25) is 0 Å². The lowest BCUT2D eigenvalue weighted by Gasteiger charge is -2.31. The van der Waals surface area contributed by atoms with Gasteiger partial charge in [0.05, 0.1) is 17.7 Å². The fourth-order valence-corrected chi connectivity index (χ4v) is 4.96. The second-order valence-electron chi connectivity index (χ2n) is 9.42. The molecule has 3 N–H and O–H groups in total. The topological polar surface area (TPSA) is 119 Å². The van der Waals surface area contributed by atoms with Gasteiger partial charge in [-0.15, -0.1) is 0 Å². The number of aromatic nitrogens is 2. The molecule has 0 spiro atoms. The van der Waals surface area contributed by atoms with Crippen molar-refractivity contribution in [1.82, 2.24) is 9.97 Å². The lowest BCUT2D eigenvalue weighted by molar-refractivity contribution is -0.143. The summed E-state index contributed by atoms with van der Waals surface area (Å²) < 4.78 is 5.55. The number of aliphatic carboxylic acids is 1. The number of fused-ring (bicyclic) bond motifs is 1. The molecule has 0 radical (unpaired) electrons. The second kappa shape index (κ2) is 9.37. The number of carboxylic acids is 1. The van der Waals surface area contributed by atoms with Crippen molar-refractivity contribution in [2.24, 2.45) is 11.8 Å². The minimum absolute atomic E-state index is 0.0765. The van der Waals surface area contributed by atoms with Crippen LogP contribution in [0.1, 0.15) is 74.0 Å². The normalized spacial score (nSPS) is 21.6. The van der Waals surface area contributed by atoms with Gasteiger partial charge in [-0.3, -0.25) is 9.59 Å². The first-order valence-corrected chi connectivity index (χ1v) is 11.7. The molecule has 2 heterocycles. The fourth-order valence-electron chi connectivity index (χ4n) is 4.96. The van der Waals surface area contributed by atoms with Crippen LogP contribution in [0.25, 0.3) is 0 Å². The number of nitrogen functional groups attached to an aromatic ring is 1. The van der Waals surface area contributed by atoms with Gasteiger partial charge in [0.1, 0.15) is 11.4 Å². The lowest BCUT2D eigenvalue weighted by Crippen LogP contribution is -2.39. The van der Waals surface area contributed by atoms with E-state index in [1.165, 1.54) is 5.56 Å². The Labute approximate surface area is 194 Å². The number of rotatable bonds is 6. The summed E-state index contributed by atoms with van der Waals surface area (Å²) in [5.41, 5.74) is 9.15. The molecule has 0 bridgehead atoms. The van der Waals surface area contributed by atoms with E-state index in [1.54, 1.807) is 4.90 Å². The molecular formula is C25H32N4O4. The molecule has 1 aliphatic heterocycles. The average molecular weight is 453 g/mol. The number of hydrogen-bond donors (Lipinski definition) is 2. The molecule has 1 atom stereocenters. The van der Waals surface area contributed by atoms with Crippen molar-refractivity contribution in [3.8, 4) is 6.01 Å². The standard InChI is InChI=1S/C25H32N4O4/c1-14(2)33-25-27-20-12-13-29(23(30)21(20)22(26)28-25)19-10-8-18(9-11-19)17-6-4-16(5-7-17)15(3)24(31)32/h8-11,14-17H,4-7,12-13H2,1-3H3,(H,31,32)(H2,26,27,28)/t15?,16-,17-.